The van der Waals surface area contributed by atoms with E-state index >= 15 is 0 Å². The summed E-state index contributed by atoms with van der Waals surface area (Å²) in [6, 6.07) is 12.2. The topological polar surface area (TPSA) is 96.9 Å². The normalized spacial score (nSPS) is 11.9. The zero-order valence-corrected chi connectivity index (χ0v) is 17.8. The number of rotatable bonds is 6. The SMILES string of the molecule is CC(C)Cc1ccc(NC(=O)c2ccn(S(=O)(=O)c3ccc4[nH]ccc4c3)n2)cc1F. The molecule has 0 radical (unpaired) electrons. The Kier molecular flexibility index (Phi) is 5.36. The Balaban J connectivity index is 1.54. The molecule has 160 valence electrons. The summed E-state index contributed by atoms with van der Waals surface area (Å²) in [6.07, 6.45) is 3.52. The average molecular weight is 441 g/mol. The summed E-state index contributed by atoms with van der Waals surface area (Å²) in [4.78, 5) is 15.5. The number of fused-ring (bicyclic) bond motifs is 1. The first-order valence-electron chi connectivity index (χ1n) is 9.72. The molecule has 0 spiro atoms. The molecule has 0 fully saturated rings. The van der Waals surface area contributed by atoms with Crippen LogP contribution in [0.25, 0.3) is 10.9 Å². The van der Waals surface area contributed by atoms with Crippen LogP contribution in [0.2, 0.25) is 0 Å². The fourth-order valence-electron chi connectivity index (χ4n) is 3.29. The van der Waals surface area contributed by atoms with Crippen molar-refractivity contribution in [2.75, 3.05) is 5.32 Å². The number of nitrogens with zero attached hydrogens (tertiary/aromatic N) is 2. The van der Waals surface area contributed by atoms with Gasteiger partial charge in [-0.15, -0.1) is 0 Å². The van der Waals surface area contributed by atoms with Gasteiger partial charge in [-0.3, -0.25) is 4.79 Å². The summed E-state index contributed by atoms with van der Waals surface area (Å²) < 4.78 is 40.7. The summed E-state index contributed by atoms with van der Waals surface area (Å²) in [5.41, 5.74) is 1.55. The Labute approximate surface area is 179 Å². The van der Waals surface area contributed by atoms with E-state index in [1.165, 1.54) is 30.5 Å². The number of amides is 1. The standard InChI is InChI=1S/C22H21FN4O3S/c1-14(2)11-15-3-4-17(13-19(15)23)25-22(28)21-8-10-27(26-21)31(29,30)18-5-6-20-16(12-18)7-9-24-20/h3-10,12-14,24H,11H2,1-2H3,(H,25,28). The summed E-state index contributed by atoms with van der Waals surface area (Å²) in [5.74, 6) is -0.732. The molecule has 2 aromatic carbocycles. The summed E-state index contributed by atoms with van der Waals surface area (Å²) >= 11 is 0. The van der Waals surface area contributed by atoms with Crippen LogP contribution in [0.1, 0.15) is 29.9 Å². The van der Waals surface area contributed by atoms with Crippen molar-refractivity contribution in [1.82, 2.24) is 14.2 Å². The van der Waals surface area contributed by atoms with E-state index in [-0.39, 0.29) is 16.3 Å². The Morgan fingerprint density at radius 2 is 1.97 bits per heavy atom. The Morgan fingerprint density at radius 1 is 1.16 bits per heavy atom. The zero-order chi connectivity index (χ0) is 22.2. The first-order chi connectivity index (χ1) is 14.7. The first kappa shape index (κ1) is 20.8. The molecule has 2 heterocycles. The highest BCUT2D eigenvalue weighted by Crippen LogP contribution is 2.21. The van der Waals surface area contributed by atoms with Gasteiger partial charge in [-0.1, -0.05) is 19.9 Å². The Hall–Kier alpha value is -3.46. The largest absolute Gasteiger partial charge is 0.361 e. The van der Waals surface area contributed by atoms with Gasteiger partial charge in [0.15, 0.2) is 5.69 Å². The maximum absolute atomic E-state index is 14.2. The van der Waals surface area contributed by atoms with E-state index in [2.05, 4.69) is 15.4 Å². The molecule has 0 bridgehead atoms. The molecular formula is C22H21FN4O3S. The number of aromatic nitrogens is 3. The van der Waals surface area contributed by atoms with Crippen molar-refractivity contribution in [3.63, 3.8) is 0 Å². The molecule has 2 N–H and O–H groups in total. The smallest absolute Gasteiger partial charge is 0.282 e. The molecule has 9 heteroatoms. The molecule has 0 saturated carbocycles. The van der Waals surface area contributed by atoms with E-state index in [4.69, 9.17) is 0 Å². The lowest BCUT2D eigenvalue weighted by Gasteiger charge is -2.09. The quantitative estimate of drug-likeness (QED) is 0.470. The molecular weight excluding hydrogens is 419 g/mol. The molecule has 0 atom stereocenters. The van der Waals surface area contributed by atoms with Crippen molar-refractivity contribution in [3.05, 3.63) is 78.0 Å². The summed E-state index contributed by atoms with van der Waals surface area (Å²) in [5, 5.41) is 7.21. The maximum atomic E-state index is 14.2. The highest BCUT2D eigenvalue weighted by atomic mass is 32.2. The third kappa shape index (κ3) is 4.22. The van der Waals surface area contributed by atoms with Crippen LogP contribution in [0, 0.1) is 11.7 Å². The number of halogens is 1. The minimum Gasteiger partial charge on any atom is -0.361 e. The van der Waals surface area contributed by atoms with E-state index in [0.717, 1.165) is 15.0 Å². The molecule has 4 aromatic rings. The number of carbonyl (C=O) groups is 1. The minimum atomic E-state index is -3.97. The van der Waals surface area contributed by atoms with Crippen LogP contribution in [-0.2, 0) is 16.4 Å². The van der Waals surface area contributed by atoms with Crippen molar-refractivity contribution in [3.8, 4) is 0 Å². The molecule has 1 amide bonds. The number of hydrogen-bond acceptors (Lipinski definition) is 4. The lowest BCUT2D eigenvalue weighted by atomic mass is 10.0. The second kappa shape index (κ2) is 7.99. The number of anilines is 1. The Morgan fingerprint density at radius 3 is 2.71 bits per heavy atom. The van der Waals surface area contributed by atoms with Gasteiger partial charge < -0.3 is 10.3 Å². The zero-order valence-electron chi connectivity index (χ0n) is 17.0. The fourth-order valence-corrected chi connectivity index (χ4v) is 4.44. The van der Waals surface area contributed by atoms with Gasteiger partial charge in [-0.2, -0.15) is 17.6 Å². The van der Waals surface area contributed by atoms with Gasteiger partial charge in [0.05, 0.1) is 4.90 Å². The van der Waals surface area contributed by atoms with E-state index in [0.29, 0.717) is 17.9 Å². The van der Waals surface area contributed by atoms with Gasteiger partial charge >= 0.3 is 0 Å². The van der Waals surface area contributed by atoms with Crippen molar-refractivity contribution < 1.29 is 17.6 Å². The van der Waals surface area contributed by atoms with Crippen molar-refractivity contribution >= 4 is 32.5 Å². The molecule has 0 aliphatic carbocycles. The van der Waals surface area contributed by atoms with Crippen LogP contribution in [-0.4, -0.2) is 28.5 Å². The van der Waals surface area contributed by atoms with Gasteiger partial charge in [-0.05, 0) is 60.4 Å². The summed E-state index contributed by atoms with van der Waals surface area (Å²) in [6.45, 7) is 3.99. The monoisotopic (exact) mass is 440 g/mol. The molecule has 0 aliphatic heterocycles. The van der Waals surface area contributed by atoms with E-state index < -0.39 is 21.7 Å². The number of aromatic amines is 1. The molecule has 0 unspecified atom stereocenters. The number of hydrogen-bond donors (Lipinski definition) is 2. The second-order valence-corrected chi connectivity index (χ2v) is 9.46. The molecule has 7 nitrogen and oxygen atoms in total. The van der Waals surface area contributed by atoms with Gasteiger partial charge in [0.1, 0.15) is 5.82 Å². The minimum absolute atomic E-state index is 0.0532. The van der Waals surface area contributed by atoms with Crippen LogP contribution in [0.3, 0.4) is 0 Å². The molecule has 4 rings (SSSR count). The maximum Gasteiger partial charge on any atom is 0.282 e. The third-order valence-electron chi connectivity index (χ3n) is 4.81. The molecule has 0 saturated heterocycles. The van der Waals surface area contributed by atoms with Crippen LogP contribution in [0.4, 0.5) is 10.1 Å². The molecule has 31 heavy (non-hydrogen) atoms. The van der Waals surface area contributed by atoms with Crippen LogP contribution in [0.5, 0.6) is 0 Å². The van der Waals surface area contributed by atoms with Crippen LogP contribution in [0.15, 0.2) is 65.8 Å². The first-order valence-corrected chi connectivity index (χ1v) is 11.2. The number of benzene rings is 2. The van der Waals surface area contributed by atoms with Gasteiger partial charge in [0.25, 0.3) is 15.9 Å². The third-order valence-corrected chi connectivity index (χ3v) is 6.35. The molecule has 0 aliphatic rings. The lowest BCUT2D eigenvalue weighted by molar-refractivity contribution is 0.102. The van der Waals surface area contributed by atoms with Crippen molar-refractivity contribution in [2.24, 2.45) is 5.92 Å². The number of carbonyl (C=O) groups excluding carboxylic acids is 1. The second-order valence-electron chi connectivity index (χ2n) is 7.66. The lowest BCUT2D eigenvalue weighted by Crippen LogP contribution is -2.17. The van der Waals surface area contributed by atoms with Crippen LogP contribution < -0.4 is 5.32 Å². The highest BCUT2D eigenvalue weighted by molar-refractivity contribution is 7.89. The van der Waals surface area contributed by atoms with Crippen molar-refractivity contribution in [1.29, 1.82) is 0 Å². The average Bonchev–Trinajstić information content (AvgIpc) is 3.39. The van der Waals surface area contributed by atoms with E-state index in [1.54, 1.807) is 30.5 Å². The Bertz CT molecular complexity index is 1370. The van der Waals surface area contributed by atoms with E-state index in [1.807, 2.05) is 13.8 Å². The van der Waals surface area contributed by atoms with Gasteiger partial charge in [0.2, 0.25) is 0 Å². The predicted molar refractivity (Wildman–Crippen MR) is 116 cm³/mol. The fraction of sp³-hybridized carbons (Fsp3) is 0.182. The van der Waals surface area contributed by atoms with E-state index in [9.17, 15) is 17.6 Å². The van der Waals surface area contributed by atoms with Gasteiger partial charge in [0, 0.05) is 29.0 Å². The van der Waals surface area contributed by atoms with Crippen molar-refractivity contribution in [2.45, 2.75) is 25.2 Å². The number of nitrogens with one attached hydrogen (secondary N) is 2. The van der Waals surface area contributed by atoms with Crippen LogP contribution >= 0.6 is 0 Å². The summed E-state index contributed by atoms with van der Waals surface area (Å²) in [7, 11) is -3.97. The predicted octanol–water partition coefficient (Wildman–Crippen LogP) is 4.19. The number of H-pyrrole nitrogens is 1. The molecule has 2 aromatic heterocycles. The highest BCUT2D eigenvalue weighted by Gasteiger charge is 2.21. The van der Waals surface area contributed by atoms with Gasteiger partial charge in [-0.25, -0.2) is 4.39 Å².